The molecule has 0 saturated carbocycles. The van der Waals surface area contributed by atoms with Crippen LogP contribution >= 0.6 is 0 Å². The van der Waals surface area contributed by atoms with Crippen molar-refractivity contribution in [3.63, 3.8) is 0 Å². The van der Waals surface area contributed by atoms with Crippen LogP contribution < -0.4 is 4.74 Å². The van der Waals surface area contributed by atoms with Gasteiger partial charge in [0.2, 0.25) is 0 Å². The number of carbonyl (C=O) groups excluding carboxylic acids is 1. The SMILES string of the molecule is COc1cccc(C(=O)N2CC[C@@H](CO)[C@H]2C)c1. The number of hydrogen-bond donors (Lipinski definition) is 1. The van der Waals surface area contributed by atoms with Gasteiger partial charge in [0.1, 0.15) is 5.75 Å². The van der Waals surface area contributed by atoms with Crippen LogP contribution in [0.2, 0.25) is 0 Å². The van der Waals surface area contributed by atoms with E-state index in [2.05, 4.69) is 0 Å². The highest BCUT2D eigenvalue weighted by atomic mass is 16.5. The van der Waals surface area contributed by atoms with Gasteiger partial charge in [-0.2, -0.15) is 0 Å². The first kappa shape index (κ1) is 12.9. The number of hydrogen-bond acceptors (Lipinski definition) is 3. The Labute approximate surface area is 107 Å². The van der Waals surface area contributed by atoms with E-state index in [1.165, 1.54) is 0 Å². The number of carbonyl (C=O) groups is 1. The summed E-state index contributed by atoms with van der Waals surface area (Å²) >= 11 is 0. The second-order valence-corrected chi connectivity index (χ2v) is 4.70. The Morgan fingerprint density at radius 3 is 2.94 bits per heavy atom. The summed E-state index contributed by atoms with van der Waals surface area (Å²) in [7, 11) is 1.59. The molecule has 1 aliphatic heterocycles. The van der Waals surface area contributed by atoms with Gasteiger partial charge in [0.15, 0.2) is 0 Å². The molecule has 98 valence electrons. The predicted molar refractivity (Wildman–Crippen MR) is 68.7 cm³/mol. The highest BCUT2D eigenvalue weighted by molar-refractivity contribution is 5.95. The Hall–Kier alpha value is -1.55. The number of benzene rings is 1. The lowest BCUT2D eigenvalue weighted by Gasteiger charge is -2.24. The van der Waals surface area contributed by atoms with E-state index in [1.54, 1.807) is 19.2 Å². The minimum absolute atomic E-state index is 0.0114. The largest absolute Gasteiger partial charge is 0.497 e. The minimum atomic E-state index is 0.0114. The van der Waals surface area contributed by atoms with Crippen molar-refractivity contribution in [1.82, 2.24) is 4.90 Å². The molecule has 0 aliphatic carbocycles. The zero-order valence-corrected chi connectivity index (χ0v) is 10.8. The van der Waals surface area contributed by atoms with Gasteiger partial charge in [-0.05, 0) is 31.5 Å². The van der Waals surface area contributed by atoms with Crippen LogP contribution in [0.3, 0.4) is 0 Å². The van der Waals surface area contributed by atoms with Gasteiger partial charge in [-0.3, -0.25) is 4.79 Å². The van der Waals surface area contributed by atoms with Crippen molar-refractivity contribution in [2.24, 2.45) is 5.92 Å². The van der Waals surface area contributed by atoms with E-state index in [0.717, 1.165) is 6.42 Å². The third-order valence-corrected chi connectivity index (χ3v) is 3.73. The van der Waals surface area contributed by atoms with Gasteiger partial charge in [0.25, 0.3) is 5.91 Å². The van der Waals surface area contributed by atoms with Crippen LogP contribution in [-0.4, -0.2) is 42.2 Å². The summed E-state index contributed by atoms with van der Waals surface area (Å²) in [5.74, 6) is 0.892. The van der Waals surface area contributed by atoms with Crippen molar-refractivity contribution in [1.29, 1.82) is 0 Å². The lowest BCUT2D eigenvalue weighted by molar-refractivity contribution is 0.0716. The molecule has 2 rings (SSSR count). The van der Waals surface area contributed by atoms with Crippen LogP contribution in [0.1, 0.15) is 23.7 Å². The molecular formula is C14H19NO3. The minimum Gasteiger partial charge on any atom is -0.497 e. The maximum Gasteiger partial charge on any atom is 0.254 e. The summed E-state index contributed by atoms with van der Waals surface area (Å²) in [5.41, 5.74) is 0.639. The number of likely N-dealkylation sites (tertiary alicyclic amines) is 1. The zero-order valence-electron chi connectivity index (χ0n) is 10.8. The average molecular weight is 249 g/mol. The molecule has 0 spiro atoms. The van der Waals surface area contributed by atoms with Crippen molar-refractivity contribution in [2.75, 3.05) is 20.3 Å². The lowest BCUT2D eigenvalue weighted by atomic mass is 10.0. The quantitative estimate of drug-likeness (QED) is 0.884. The third kappa shape index (κ3) is 2.34. The van der Waals surface area contributed by atoms with Gasteiger partial charge in [0.05, 0.1) is 7.11 Å². The summed E-state index contributed by atoms with van der Waals surface area (Å²) in [6, 6.07) is 7.27. The summed E-state index contributed by atoms with van der Waals surface area (Å²) in [5, 5.41) is 9.23. The van der Waals surface area contributed by atoms with Crippen molar-refractivity contribution < 1.29 is 14.6 Å². The molecule has 1 aromatic carbocycles. The predicted octanol–water partition coefficient (Wildman–Crippen LogP) is 1.54. The molecular weight excluding hydrogens is 230 g/mol. The van der Waals surface area contributed by atoms with Crippen LogP contribution in [0, 0.1) is 5.92 Å². The fourth-order valence-corrected chi connectivity index (χ4v) is 2.46. The van der Waals surface area contributed by atoms with E-state index in [4.69, 9.17) is 4.74 Å². The monoisotopic (exact) mass is 249 g/mol. The Kier molecular flexibility index (Phi) is 3.87. The fraction of sp³-hybridized carbons (Fsp3) is 0.500. The van der Waals surface area contributed by atoms with E-state index in [1.807, 2.05) is 24.0 Å². The van der Waals surface area contributed by atoms with E-state index in [-0.39, 0.29) is 24.5 Å². The first-order valence-corrected chi connectivity index (χ1v) is 6.23. The smallest absolute Gasteiger partial charge is 0.254 e. The first-order chi connectivity index (χ1) is 8.67. The van der Waals surface area contributed by atoms with Crippen molar-refractivity contribution in [3.8, 4) is 5.75 Å². The molecule has 2 atom stereocenters. The molecule has 1 aliphatic rings. The third-order valence-electron chi connectivity index (χ3n) is 3.73. The normalized spacial score (nSPS) is 23.2. The molecule has 18 heavy (non-hydrogen) atoms. The molecule has 1 heterocycles. The van der Waals surface area contributed by atoms with Gasteiger partial charge >= 0.3 is 0 Å². The number of aliphatic hydroxyl groups is 1. The second kappa shape index (κ2) is 5.40. The Bertz CT molecular complexity index is 433. The van der Waals surface area contributed by atoms with Crippen LogP contribution in [-0.2, 0) is 0 Å². The molecule has 1 saturated heterocycles. The molecule has 1 aromatic rings. The molecule has 1 fully saturated rings. The van der Waals surface area contributed by atoms with Gasteiger partial charge in [-0.1, -0.05) is 6.07 Å². The average Bonchev–Trinajstić information content (AvgIpc) is 2.79. The van der Waals surface area contributed by atoms with E-state index < -0.39 is 0 Å². The standard InChI is InChI=1S/C14H19NO3/c1-10-12(9-16)6-7-15(10)14(17)11-4-3-5-13(8-11)18-2/h3-5,8,10,12,16H,6-7,9H2,1-2H3/t10-,12+/m1/s1. The van der Waals surface area contributed by atoms with Crippen molar-refractivity contribution in [3.05, 3.63) is 29.8 Å². The lowest BCUT2D eigenvalue weighted by Crippen LogP contribution is -2.36. The van der Waals surface area contributed by atoms with Gasteiger partial charge in [0, 0.05) is 30.7 Å². The topological polar surface area (TPSA) is 49.8 Å². The molecule has 4 nitrogen and oxygen atoms in total. The fourth-order valence-electron chi connectivity index (χ4n) is 2.46. The molecule has 0 bridgehead atoms. The van der Waals surface area contributed by atoms with Crippen molar-refractivity contribution in [2.45, 2.75) is 19.4 Å². The molecule has 0 unspecified atom stereocenters. The first-order valence-electron chi connectivity index (χ1n) is 6.23. The zero-order chi connectivity index (χ0) is 13.1. The van der Waals surface area contributed by atoms with Crippen LogP contribution in [0.4, 0.5) is 0 Å². The Balaban J connectivity index is 2.16. The maximum atomic E-state index is 12.4. The molecule has 4 heteroatoms. The summed E-state index contributed by atoms with van der Waals surface area (Å²) < 4.78 is 5.13. The number of nitrogens with zero attached hydrogens (tertiary/aromatic N) is 1. The number of aliphatic hydroxyl groups excluding tert-OH is 1. The second-order valence-electron chi connectivity index (χ2n) is 4.70. The van der Waals surface area contributed by atoms with Gasteiger partial charge < -0.3 is 14.7 Å². The molecule has 1 N–H and O–H groups in total. The summed E-state index contributed by atoms with van der Waals surface area (Å²) in [6.07, 6.45) is 0.868. The molecule has 0 aromatic heterocycles. The number of rotatable bonds is 3. The van der Waals surface area contributed by atoms with Crippen LogP contribution in [0.15, 0.2) is 24.3 Å². The van der Waals surface area contributed by atoms with Crippen LogP contribution in [0.25, 0.3) is 0 Å². The summed E-state index contributed by atoms with van der Waals surface area (Å²) in [6.45, 7) is 2.84. The van der Waals surface area contributed by atoms with E-state index in [9.17, 15) is 9.90 Å². The maximum absolute atomic E-state index is 12.4. The molecule has 0 radical (unpaired) electrons. The number of amides is 1. The van der Waals surface area contributed by atoms with Crippen LogP contribution in [0.5, 0.6) is 5.75 Å². The van der Waals surface area contributed by atoms with E-state index in [0.29, 0.717) is 17.9 Å². The van der Waals surface area contributed by atoms with Gasteiger partial charge in [-0.15, -0.1) is 0 Å². The highest BCUT2D eigenvalue weighted by Gasteiger charge is 2.33. The number of methoxy groups -OCH3 is 1. The Morgan fingerprint density at radius 2 is 2.33 bits per heavy atom. The summed E-state index contributed by atoms with van der Waals surface area (Å²) in [4.78, 5) is 14.2. The molecule has 1 amide bonds. The van der Waals surface area contributed by atoms with Gasteiger partial charge in [-0.25, -0.2) is 0 Å². The Morgan fingerprint density at radius 1 is 1.56 bits per heavy atom. The highest BCUT2D eigenvalue weighted by Crippen LogP contribution is 2.26. The van der Waals surface area contributed by atoms with E-state index >= 15 is 0 Å². The number of ether oxygens (including phenoxy) is 1. The van der Waals surface area contributed by atoms with Crippen molar-refractivity contribution >= 4 is 5.91 Å².